The molecule has 20 heavy (non-hydrogen) atoms. The van der Waals surface area contributed by atoms with E-state index in [1.165, 1.54) is 6.07 Å². The summed E-state index contributed by atoms with van der Waals surface area (Å²) >= 11 is 0. The normalized spacial score (nSPS) is 35.6. The van der Waals surface area contributed by atoms with Crippen LogP contribution in [0.2, 0.25) is 0 Å². The topological polar surface area (TPSA) is 31.4 Å². The highest BCUT2D eigenvalue weighted by Gasteiger charge is 2.60. The van der Waals surface area contributed by atoms with Crippen LogP contribution in [0.3, 0.4) is 0 Å². The number of fused-ring (bicyclic) bond motifs is 2. The second kappa shape index (κ2) is 5.08. The molecule has 1 aromatic heterocycles. The minimum Gasteiger partial charge on any atom is -0.369 e. The number of rotatable bonds is 5. The van der Waals surface area contributed by atoms with Gasteiger partial charge in [0, 0.05) is 12.6 Å². The summed E-state index contributed by atoms with van der Waals surface area (Å²) in [4.78, 5) is 4.05. The van der Waals surface area contributed by atoms with E-state index in [4.69, 9.17) is 9.47 Å². The predicted octanol–water partition coefficient (Wildman–Crippen LogP) is 3.62. The van der Waals surface area contributed by atoms with Gasteiger partial charge in [0.15, 0.2) is 0 Å². The van der Waals surface area contributed by atoms with Crippen molar-refractivity contribution in [2.24, 2.45) is 0 Å². The summed E-state index contributed by atoms with van der Waals surface area (Å²) in [5, 5.41) is 0. The number of aromatic nitrogens is 1. The van der Waals surface area contributed by atoms with E-state index < -0.39 is 0 Å². The smallest absolute Gasteiger partial charge is 0.147 e. The molecule has 3 unspecified atom stereocenters. The fourth-order valence-corrected chi connectivity index (χ4v) is 3.65. The summed E-state index contributed by atoms with van der Waals surface area (Å²) in [6, 6.07) is 3.02. The molecular formula is C16H22FNO2. The highest BCUT2D eigenvalue weighted by Crippen LogP contribution is 2.55. The maximum atomic E-state index is 13.6. The molecule has 0 amide bonds. The third kappa shape index (κ3) is 2.15. The van der Waals surface area contributed by atoms with Gasteiger partial charge in [-0.1, -0.05) is 13.8 Å². The lowest BCUT2D eigenvalue weighted by Crippen LogP contribution is -2.39. The second-order valence-electron chi connectivity index (χ2n) is 5.99. The van der Waals surface area contributed by atoms with Crippen molar-refractivity contribution in [3.8, 4) is 0 Å². The lowest BCUT2D eigenvalue weighted by atomic mass is 9.77. The standard InChI is InChI=1S/C16H22FNO2/c1-3-15-7-8-16(4-2,20-15)14(10-15)19-11-13-12(17)6-5-9-18-13/h5-6,9,14H,3-4,7-8,10-11H2,1-2H3. The molecule has 0 spiro atoms. The van der Waals surface area contributed by atoms with Crippen molar-refractivity contribution in [2.45, 2.75) is 69.9 Å². The Bertz CT molecular complexity index is 495. The molecule has 2 saturated heterocycles. The number of hydrogen-bond donors (Lipinski definition) is 0. The Hall–Kier alpha value is -1.00. The van der Waals surface area contributed by atoms with Crippen LogP contribution in [0.1, 0.15) is 51.6 Å². The average Bonchev–Trinajstić information content (AvgIpc) is 3.01. The monoisotopic (exact) mass is 279 g/mol. The first kappa shape index (κ1) is 14.0. The highest BCUT2D eigenvalue weighted by molar-refractivity contribution is 5.11. The van der Waals surface area contributed by atoms with Gasteiger partial charge < -0.3 is 9.47 Å². The zero-order valence-electron chi connectivity index (χ0n) is 12.2. The molecule has 0 aromatic carbocycles. The fourth-order valence-electron chi connectivity index (χ4n) is 3.65. The van der Waals surface area contributed by atoms with E-state index in [0.29, 0.717) is 5.69 Å². The molecule has 0 aliphatic carbocycles. The Balaban J connectivity index is 1.71. The van der Waals surface area contributed by atoms with Gasteiger partial charge in [0.05, 0.1) is 23.9 Å². The predicted molar refractivity (Wildman–Crippen MR) is 73.8 cm³/mol. The molecule has 110 valence electrons. The van der Waals surface area contributed by atoms with Crippen molar-refractivity contribution >= 4 is 0 Å². The maximum absolute atomic E-state index is 13.6. The van der Waals surface area contributed by atoms with E-state index in [1.54, 1.807) is 12.3 Å². The third-order valence-electron chi connectivity index (χ3n) is 5.07. The molecule has 0 radical (unpaired) electrons. The first-order chi connectivity index (χ1) is 9.63. The first-order valence-electron chi connectivity index (χ1n) is 7.54. The highest BCUT2D eigenvalue weighted by atomic mass is 19.1. The van der Waals surface area contributed by atoms with Crippen LogP contribution in [-0.2, 0) is 16.1 Å². The molecule has 3 rings (SSSR count). The zero-order valence-corrected chi connectivity index (χ0v) is 12.2. The van der Waals surface area contributed by atoms with E-state index in [0.717, 1.165) is 32.1 Å². The Kier molecular flexibility index (Phi) is 3.55. The van der Waals surface area contributed by atoms with Gasteiger partial charge in [0.25, 0.3) is 0 Å². The number of halogens is 1. The molecule has 3 heterocycles. The summed E-state index contributed by atoms with van der Waals surface area (Å²) < 4.78 is 25.9. The van der Waals surface area contributed by atoms with Gasteiger partial charge in [-0.25, -0.2) is 4.39 Å². The van der Waals surface area contributed by atoms with Crippen molar-refractivity contribution in [1.82, 2.24) is 4.98 Å². The molecule has 2 aliphatic rings. The molecule has 2 bridgehead atoms. The van der Waals surface area contributed by atoms with Gasteiger partial charge in [-0.15, -0.1) is 0 Å². The van der Waals surface area contributed by atoms with Gasteiger partial charge in [-0.3, -0.25) is 4.98 Å². The van der Waals surface area contributed by atoms with Crippen LogP contribution < -0.4 is 0 Å². The van der Waals surface area contributed by atoms with Gasteiger partial charge in [0.1, 0.15) is 11.5 Å². The molecule has 2 fully saturated rings. The Morgan fingerprint density at radius 1 is 1.40 bits per heavy atom. The lowest BCUT2D eigenvalue weighted by molar-refractivity contribution is -0.100. The first-order valence-corrected chi connectivity index (χ1v) is 7.54. The number of hydrogen-bond acceptors (Lipinski definition) is 3. The minimum atomic E-state index is -0.299. The second-order valence-corrected chi connectivity index (χ2v) is 5.99. The van der Waals surface area contributed by atoms with E-state index in [-0.39, 0.29) is 29.7 Å². The van der Waals surface area contributed by atoms with E-state index >= 15 is 0 Å². The number of ether oxygens (including phenoxy) is 2. The van der Waals surface area contributed by atoms with Gasteiger partial charge >= 0.3 is 0 Å². The van der Waals surface area contributed by atoms with Crippen molar-refractivity contribution in [3.05, 3.63) is 29.8 Å². The van der Waals surface area contributed by atoms with E-state index in [2.05, 4.69) is 18.8 Å². The van der Waals surface area contributed by atoms with Crippen LogP contribution in [-0.4, -0.2) is 22.3 Å². The zero-order chi connectivity index (χ0) is 14.2. The summed E-state index contributed by atoms with van der Waals surface area (Å²) in [6.45, 7) is 4.55. The van der Waals surface area contributed by atoms with Gasteiger partial charge in [-0.05, 0) is 37.8 Å². The Labute approximate surface area is 119 Å². The minimum absolute atomic E-state index is 0.0106. The van der Waals surface area contributed by atoms with E-state index in [9.17, 15) is 4.39 Å². The van der Waals surface area contributed by atoms with Crippen LogP contribution in [0, 0.1) is 5.82 Å². The molecule has 2 aliphatic heterocycles. The fraction of sp³-hybridized carbons (Fsp3) is 0.688. The molecule has 1 aromatic rings. The SMILES string of the molecule is CCC12CCC(CC)(O1)C(OCc1ncccc1F)C2. The Morgan fingerprint density at radius 3 is 2.95 bits per heavy atom. The number of nitrogens with zero attached hydrogens (tertiary/aromatic N) is 1. The lowest BCUT2D eigenvalue weighted by Gasteiger charge is -2.31. The average molecular weight is 279 g/mol. The molecule has 3 nitrogen and oxygen atoms in total. The van der Waals surface area contributed by atoms with Crippen LogP contribution in [0.25, 0.3) is 0 Å². The van der Waals surface area contributed by atoms with Crippen molar-refractivity contribution in [3.63, 3.8) is 0 Å². The van der Waals surface area contributed by atoms with Crippen LogP contribution in [0.4, 0.5) is 4.39 Å². The summed E-state index contributed by atoms with van der Waals surface area (Å²) in [6.07, 6.45) is 6.72. The van der Waals surface area contributed by atoms with Crippen molar-refractivity contribution in [2.75, 3.05) is 0 Å². The largest absolute Gasteiger partial charge is 0.369 e. The third-order valence-corrected chi connectivity index (χ3v) is 5.07. The summed E-state index contributed by atoms with van der Waals surface area (Å²) in [5.74, 6) is -0.299. The van der Waals surface area contributed by atoms with Crippen LogP contribution in [0.15, 0.2) is 18.3 Å². The summed E-state index contributed by atoms with van der Waals surface area (Å²) in [5.41, 5.74) is 0.206. The quantitative estimate of drug-likeness (QED) is 0.825. The van der Waals surface area contributed by atoms with Gasteiger partial charge in [0.2, 0.25) is 0 Å². The van der Waals surface area contributed by atoms with Crippen molar-refractivity contribution < 1.29 is 13.9 Å². The van der Waals surface area contributed by atoms with Gasteiger partial charge in [-0.2, -0.15) is 0 Å². The molecule has 4 heteroatoms. The van der Waals surface area contributed by atoms with E-state index in [1.807, 2.05) is 0 Å². The number of pyridine rings is 1. The molecule has 0 N–H and O–H groups in total. The molecular weight excluding hydrogens is 257 g/mol. The summed E-state index contributed by atoms with van der Waals surface area (Å²) in [7, 11) is 0. The molecule has 0 saturated carbocycles. The molecule has 3 atom stereocenters. The maximum Gasteiger partial charge on any atom is 0.147 e. The Morgan fingerprint density at radius 2 is 2.25 bits per heavy atom. The van der Waals surface area contributed by atoms with Crippen molar-refractivity contribution in [1.29, 1.82) is 0 Å². The van der Waals surface area contributed by atoms with Crippen LogP contribution in [0.5, 0.6) is 0 Å². The van der Waals surface area contributed by atoms with Crippen LogP contribution >= 0.6 is 0 Å².